The number of carbonyl (C=O) groups is 1. The summed E-state index contributed by atoms with van der Waals surface area (Å²) in [6.45, 7) is 2.39. The second-order valence-electron chi connectivity index (χ2n) is 4.92. The minimum atomic E-state index is -3.70. The number of thioether (sulfide) groups is 1. The first-order valence-corrected chi connectivity index (χ1v) is 8.62. The van der Waals surface area contributed by atoms with E-state index in [4.69, 9.17) is 5.11 Å². The summed E-state index contributed by atoms with van der Waals surface area (Å²) in [6, 6.07) is 2.44. The van der Waals surface area contributed by atoms with Crippen molar-refractivity contribution in [3.05, 3.63) is 23.9 Å². The van der Waals surface area contributed by atoms with Gasteiger partial charge < -0.3 is 5.11 Å². The topological polar surface area (TPSA) is 96.4 Å². The van der Waals surface area contributed by atoms with E-state index in [0.29, 0.717) is 6.54 Å². The Labute approximate surface area is 122 Å². The third-order valence-corrected chi connectivity index (χ3v) is 6.05. The molecule has 6 nitrogen and oxygen atoms in total. The van der Waals surface area contributed by atoms with Gasteiger partial charge in [0.1, 0.15) is 0 Å². The highest BCUT2D eigenvalue weighted by molar-refractivity contribution is 8.01. The van der Waals surface area contributed by atoms with Crippen LogP contribution in [-0.4, -0.2) is 41.5 Å². The summed E-state index contributed by atoms with van der Waals surface area (Å²) in [7, 11) is -3.70. The van der Waals surface area contributed by atoms with E-state index >= 15 is 0 Å². The smallest absolute Gasteiger partial charge is 0.337 e. The summed E-state index contributed by atoms with van der Waals surface area (Å²) in [6.07, 6.45) is 3.11. The highest BCUT2D eigenvalue weighted by atomic mass is 32.2. The maximum absolute atomic E-state index is 12.1. The van der Waals surface area contributed by atoms with Gasteiger partial charge in [-0.2, -0.15) is 11.8 Å². The predicted octanol–water partition coefficient (Wildman–Crippen LogP) is 1.34. The summed E-state index contributed by atoms with van der Waals surface area (Å²) in [5.41, 5.74) is -0.0396. The van der Waals surface area contributed by atoms with Crippen molar-refractivity contribution < 1.29 is 18.3 Å². The molecule has 1 fully saturated rings. The van der Waals surface area contributed by atoms with Gasteiger partial charge in [-0.3, -0.25) is 0 Å². The second-order valence-corrected chi connectivity index (χ2v) is 8.31. The Kier molecular flexibility index (Phi) is 4.36. The number of hydrogen-bond acceptors (Lipinski definition) is 5. The average Bonchev–Trinajstić information content (AvgIpc) is 2.84. The standard InChI is InChI=1S/C12H16N2O4S2/c1-12(5-2-6-19-12)8-14-20(17,18)10-4-3-9(7-13-10)11(15)16/h3-4,7,14H,2,5-6,8H2,1H3,(H,15,16). The van der Waals surface area contributed by atoms with Gasteiger partial charge in [0, 0.05) is 17.5 Å². The molecule has 0 amide bonds. The molecule has 1 aromatic rings. The lowest BCUT2D eigenvalue weighted by Gasteiger charge is -2.22. The summed E-state index contributed by atoms with van der Waals surface area (Å²) >= 11 is 1.76. The molecule has 2 N–H and O–H groups in total. The first-order valence-electron chi connectivity index (χ1n) is 6.15. The molecule has 0 radical (unpaired) electrons. The van der Waals surface area contributed by atoms with Gasteiger partial charge >= 0.3 is 5.97 Å². The van der Waals surface area contributed by atoms with Crippen LogP contribution in [0.2, 0.25) is 0 Å². The van der Waals surface area contributed by atoms with Gasteiger partial charge in [-0.05, 0) is 37.7 Å². The Bertz CT molecular complexity index is 592. The number of nitrogens with zero attached hydrogens (tertiary/aromatic N) is 1. The van der Waals surface area contributed by atoms with Crippen molar-refractivity contribution >= 4 is 27.8 Å². The maximum atomic E-state index is 12.1. The molecule has 0 saturated carbocycles. The van der Waals surface area contributed by atoms with E-state index < -0.39 is 16.0 Å². The molecule has 0 spiro atoms. The van der Waals surface area contributed by atoms with E-state index in [9.17, 15) is 13.2 Å². The first-order chi connectivity index (χ1) is 9.32. The van der Waals surface area contributed by atoms with Crippen LogP contribution in [0.25, 0.3) is 0 Å². The molecular weight excluding hydrogens is 300 g/mol. The SMILES string of the molecule is CC1(CNS(=O)(=O)c2ccc(C(=O)O)cn2)CCCS1. The number of rotatable bonds is 5. The van der Waals surface area contributed by atoms with Crippen LogP contribution in [0.1, 0.15) is 30.1 Å². The van der Waals surface area contributed by atoms with Crippen LogP contribution in [-0.2, 0) is 10.0 Å². The Balaban J connectivity index is 2.08. The molecular formula is C12H16N2O4S2. The molecule has 2 heterocycles. The minimum absolute atomic E-state index is 0.0396. The van der Waals surface area contributed by atoms with Gasteiger partial charge in [-0.15, -0.1) is 0 Å². The van der Waals surface area contributed by atoms with Crippen molar-refractivity contribution in [2.75, 3.05) is 12.3 Å². The van der Waals surface area contributed by atoms with Crippen molar-refractivity contribution in [3.63, 3.8) is 0 Å². The number of carboxylic acid groups (broad SMARTS) is 1. The molecule has 1 aliphatic rings. The quantitative estimate of drug-likeness (QED) is 0.851. The summed E-state index contributed by atoms with van der Waals surface area (Å²) in [4.78, 5) is 14.4. The van der Waals surface area contributed by atoms with Crippen LogP contribution >= 0.6 is 11.8 Å². The van der Waals surface area contributed by atoms with Gasteiger partial charge in [0.25, 0.3) is 10.0 Å². The van der Waals surface area contributed by atoms with Crippen LogP contribution in [0, 0.1) is 0 Å². The van der Waals surface area contributed by atoms with Crippen molar-refractivity contribution in [1.82, 2.24) is 9.71 Å². The fourth-order valence-electron chi connectivity index (χ4n) is 1.96. The zero-order valence-electron chi connectivity index (χ0n) is 11.0. The number of aromatic nitrogens is 1. The molecule has 0 aromatic carbocycles. The predicted molar refractivity (Wildman–Crippen MR) is 76.5 cm³/mol. The molecule has 2 rings (SSSR count). The Morgan fingerprint density at radius 2 is 2.30 bits per heavy atom. The molecule has 1 unspecified atom stereocenters. The van der Waals surface area contributed by atoms with E-state index in [1.807, 2.05) is 6.92 Å². The molecule has 8 heteroatoms. The number of hydrogen-bond donors (Lipinski definition) is 2. The van der Waals surface area contributed by atoms with Gasteiger partial charge in [0.05, 0.1) is 5.56 Å². The number of pyridine rings is 1. The van der Waals surface area contributed by atoms with Gasteiger partial charge in [-0.1, -0.05) is 0 Å². The number of sulfonamides is 1. The van der Waals surface area contributed by atoms with Crippen molar-refractivity contribution in [3.8, 4) is 0 Å². The van der Waals surface area contributed by atoms with Crippen molar-refractivity contribution in [2.24, 2.45) is 0 Å². The molecule has 1 atom stereocenters. The minimum Gasteiger partial charge on any atom is -0.478 e. The van der Waals surface area contributed by atoms with Crippen LogP contribution < -0.4 is 4.72 Å². The number of aromatic carboxylic acids is 1. The third kappa shape index (κ3) is 3.50. The third-order valence-electron chi connectivity index (χ3n) is 3.20. The molecule has 0 bridgehead atoms. The van der Waals surface area contributed by atoms with Gasteiger partial charge in [0.2, 0.25) is 0 Å². The normalized spacial score (nSPS) is 22.9. The van der Waals surface area contributed by atoms with Gasteiger partial charge in [0.15, 0.2) is 5.03 Å². The fraction of sp³-hybridized carbons (Fsp3) is 0.500. The Morgan fingerprint density at radius 1 is 1.55 bits per heavy atom. The zero-order chi connectivity index (χ0) is 14.8. The summed E-state index contributed by atoms with van der Waals surface area (Å²) in [5, 5.41) is 8.59. The summed E-state index contributed by atoms with van der Waals surface area (Å²) in [5.74, 6) is -0.0895. The zero-order valence-corrected chi connectivity index (χ0v) is 12.6. The average molecular weight is 316 g/mol. The largest absolute Gasteiger partial charge is 0.478 e. The maximum Gasteiger partial charge on any atom is 0.337 e. The lowest BCUT2D eigenvalue weighted by Crippen LogP contribution is -2.37. The molecule has 20 heavy (non-hydrogen) atoms. The Hall–Kier alpha value is -1.12. The van der Waals surface area contributed by atoms with E-state index in [0.717, 1.165) is 24.8 Å². The lowest BCUT2D eigenvalue weighted by atomic mass is 10.1. The monoisotopic (exact) mass is 316 g/mol. The highest BCUT2D eigenvalue weighted by Gasteiger charge is 2.31. The van der Waals surface area contributed by atoms with Crippen LogP contribution in [0.15, 0.2) is 23.4 Å². The molecule has 1 saturated heterocycles. The van der Waals surface area contributed by atoms with Crippen molar-refractivity contribution in [1.29, 1.82) is 0 Å². The van der Waals surface area contributed by atoms with Crippen LogP contribution in [0.3, 0.4) is 0 Å². The number of carboxylic acids is 1. The van der Waals surface area contributed by atoms with E-state index in [-0.39, 0.29) is 15.3 Å². The molecule has 0 aliphatic carbocycles. The lowest BCUT2D eigenvalue weighted by molar-refractivity contribution is 0.0696. The van der Waals surface area contributed by atoms with Crippen LogP contribution in [0.5, 0.6) is 0 Å². The number of nitrogens with one attached hydrogen (secondary N) is 1. The second kappa shape index (κ2) is 5.71. The molecule has 110 valence electrons. The molecule has 1 aliphatic heterocycles. The first kappa shape index (κ1) is 15.3. The highest BCUT2D eigenvalue weighted by Crippen LogP contribution is 2.37. The molecule has 1 aromatic heterocycles. The fourth-order valence-corrected chi connectivity index (χ4v) is 4.39. The van der Waals surface area contributed by atoms with E-state index in [2.05, 4.69) is 9.71 Å². The van der Waals surface area contributed by atoms with E-state index in [1.54, 1.807) is 11.8 Å². The van der Waals surface area contributed by atoms with Gasteiger partial charge in [-0.25, -0.2) is 22.9 Å². The summed E-state index contributed by atoms with van der Waals surface area (Å²) < 4.78 is 26.6. The van der Waals surface area contributed by atoms with Crippen molar-refractivity contribution in [2.45, 2.75) is 29.5 Å². The Morgan fingerprint density at radius 3 is 2.80 bits per heavy atom. The van der Waals surface area contributed by atoms with Crippen LogP contribution in [0.4, 0.5) is 0 Å². The van der Waals surface area contributed by atoms with E-state index in [1.165, 1.54) is 12.1 Å².